The number of hydrogen-bond acceptors (Lipinski definition) is 3. The van der Waals surface area contributed by atoms with Crippen molar-refractivity contribution in [2.45, 2.75) is 44.4 Å². The molecule has 3 heteroatoms. The van der Waals surface area contributed by atoms with Gasteiger partial charge in [-0.1, -0.05) is 0 Å². The second kappa shape index (κ2) is 4.55. The summed E-state index contributed by atoms with van der Waals surface area (Å²) in [5.41, 5.74) is 6.77. The minimum atomic E-state index is 0.644. The van der Waals surface area contributed by atoms with Crippen LogP contribution in [0.5, 0.6) is 0 Å². The van der Waals surface area contributed by atoms with Gasteiger partial charge in [0.05, 0.1) is 0 Å². The largest absolute Gasteiger partial charge is 0.330 e. The molecule has 4 bridgehead atoms. The molecule has 1 heterocycles. The molecule has 102 valence electrons. The Morgan fingerprint density at radius 1 is 1.05 bits per heavy atom. The van der Waals surface area contributed by atoms with Gasteiger partial charge in [0.2, 0.25) is 0 Å². The summed E-state index contributed by atoms with van der Waals surface area (Å²) in [5.74, 6) is 5.54. The SMILES string of the molecule is NCCc1ccnc(C2C3CC4CC(C3)CC2C4)n1. The van der Waals surface area contributed by atoms with Crippen LogP contribution >= 0.6 is 0 Å². The van der Waals surface area contributed by atoms with E-state index in [9.17, 15) is 0 Å². The quantitative estimate of drug-likeness (QED) is 0.905. The predicted molar refractivity (Wildman–Crippen MR) is 74.6 cm³/mol. The molecule has 4 fully saturated rings. The lowest BCUT2D eigenvalue weighted by molar-refractivity contribution is -0.00571. The van der Waals surface area contributed by atoms with Crippen molar-refractivity contribution in [1.82, 2.24) is 9.97 Å². The van der Waals surface area contributed by atoms with Gasteiger partial charge in [0.15, 0.2) is 0 Å². The summed E-state index contributed by atoms with van der Waals surface area (Å²) >= 11 is 0. The van der Waals surface area contributed by atoms with Crippen LogP contribution in [0.15, 0.2) is 12.3 Å². The number of rotatable bonds is 3. The lowest BCUT2D eigenvalue weighted by atomic mass is 9.51. The van der Waals surface area contributed by atoms with Crippen LogP contribution in [0.25, 0.3) is 0 Å². The number of hydrogen-bond donors (Lipinski definition) is 1. The van der Waals surface area contributed by atoms with Gasteiger partial charge in [0.1, 0.15) is 5.82 Å². The van der Waals surface area contributed by atoms with E-state index in [-0.39, 0.29) is 0 Å². The van der Waals surface area contributed by atoms with Crippen LogP contribution < -0.4 is 5.73 Å². The highest BCUT2D eigenvalue weighted by atomic mass is 14.9. The maximum absolute atomic E-state index is 5.64. The Morgan fingerprint density at radius 3 is 2.37 bits per heavy atom. The molecule has 4 aliphatic rings. The highest BCUT2D eigenvalue weighted by Crippen LogP contribution is 2.59. The summed E-state index contributed by atoms with van der Waals surface area (Å²) in [4.78, 5) is 9.43. The Kier molecular flexibility index (Phi) is 2.83. The van der Waals surface area contributed by atoms with Gasteiger partial charge in [-0.3, -0.25) is 0 Å². The van der Waals surface area contributed by atoms with E-state index >= 15 is 0 Å². The third-order valence-electron chi connectivity index (χ3n) is 5.66. The normalized spacial score (nSPS) is 39.7. The number of nitrogens with zero attached hydrogens (tertiary/aromatic N) is 2. The third-order valence-corrected chi connectivity index (χ3v) is 5.66. The van der Waals surface area contributed by atoms with Crippen LogP contribution in [-0.4, -0.2) is 16.5 Å². The van der Waals surface area contributed by atoms with Gasteiger partial charge < -0.3 is 5.73 Å². The molecular formula is C16H23N3. The van der Waals surface area contributed by atoms with Crippen LogP contribution in [0.4, 0.5) is 0 Å². The molecule has 19 heavy (non-hydrogen) atoms. The van der Waals surface area contributed by atoms with Gasteiger partial charge >= 0.3 is 0 Å². The minimum absolute atomic E-state index is 0.644. The Hall–Kier alpha value is -0.960. The van der Waals surface area contributed by atoms with Gasteiger partial charge in [0.25, 0.3) is 0 Å². The third kappa shape index (κ3) is 1.99. The summed E-state index contributed by atoms with van der Waals surface area (Å²) in [7, 11) is 0. The van der Waals surface area contributed by atoms with Crippen LogP contribution in [0.1, 0.15) is 49.5 Å². The van der Waals surface area contributed by atoms with Gasteiger partial charge in [-0.25, -0.2) is 9.97 Å². The zero-order valence-corrected chi connectivity index (χ0v) is 11.5. The fraction of sp³-hybridized carbons (Fsp3) is 0.750. The first-order valence-corrected chi connectivity index (χ1v) is 7.85. The van der Waals surface area contributed by atoms with E-state index < -0.39 is 0 Å². The average molecular weight is 257 g/mol. The van der Waals surface area contributed by atoms with E-state index in [0.29, 0.717) is 12.5 Å². The summed E-state index contributed by atoms with van der Waals surface area (Å²) in [6.45, 7) is 0.679. The van der Waals surface area contributed by atoms with Crippen molar-refractivity contribution in [2.75, 3.05) is 6.54 Å². The van der Waals surface area contributed by atoms with Crippen LogP contribution in [-0.2, 0) is 6.42 Å². The second-order valence-corrected chi connectivity index (χ2v) is 6.90. The first kappa shape index (κ1) is 11.8. The fourth-order valence-corrected chi connectivity index (χ4v) is 5.21. The minimum Gasteiger partial charge on any atom is -0.330 e. The lowest BCUT2D eigenvalue weighted by Crippen LogP contribution is -2.44. The summed E-state index contributed by atoms with van der Waals surface area (Å²) < 4.78 is 0. The Bertz CT molecular complexity index is 443. The van der Waals surface area contributed by atoms with Crippen molar-refractivity contribution in [2.24, 2.45) is 29.4 Å². The van der Waals surface area contributed by atoms with Crippen molar-refractivity contribution in [3.63, 3.8) is 0 Å². The van der Waals surface area contributed by atoms with E-state index in [2.05, 4.69) is 4.98 Å². The molecular weight excluding hydrogens is 234 g/mol. The van der Waals surface area contributed by atoms with Crippen molar-refractivity contribution in [3.8, 4) is 0 Å². The van der Waals surface area contributed by atoms with E-state index in [1.54, 1.807) is 0 Å². The van der Waals surface area contributed by atoms with Gasteiger partial charge in [0, 0.05) is 24.2 Å². The molecule has 5 rings (SSSR count). The number of aromatic nitrogens is 2. The first-order chi connectivity index (χ1) is 9.33. The highest BCUT2D eigenvalue weighted by molar-refractivity contribution is 5.13. The lowest BCUT2D eigenvalue weighted by Gasteiger charge is -2.53. The Labute approximate surface area is 115 Å². The van der Waals surface area contributed by atoms with E-state index in [1.807, 2.05) is 12.3 Å². The molecule has 2 N–H and O–H groups in total. The van der Waals surface area contributed by atoms with E-state index in [0.717, 1.165) is 41.6 Å². The Balaban J connectivity index is 1.63. The van der Waals surface area contributed by atoms with E-state index in [4.69, 9.17) is 10.7 Å². The Morgan fingerprint density at radius 2 is 1.74 bits per heavy atom. The maximum Gasteiger partial charge on any atom is 0.132 e. The topological polar surface area (TPSA) is 51.8 Å². The standard InChI is InChI=1S/C16H23N3/c17-3-1-14-2-4-18-16(19-14)15-12-6-10-5-11(8-12)9-13(15)7-10/h2,4,10-13,15H,1,3,5-9,17H2. The first-order valence-electron chi connectivity index (χ1n) is 7.85. The fourth-order valence-electron chi connectivity index (χ4n) is 5.21. The van der Waals surface area contributed by atoms with Gasteiger partial charge in [-0.05, 0) is 68.4 Å². The molecule has 0 aromatic carbocycles. The predicted octanol–water partition coefficient (Wildman–Crippen LogP) is 2.52. The summed E-state index contributed by atoms with van der Waals surface area (Å²) in [5, 5.41) is 0. The summed E-state index contributed by atoms with van der Waals surface area (Å²) in [6, 6.07) is 2.02. The summed E-state index contributed by atoms with van der Waals surface area (Å²) in [6.07, 6.45) is 10.1. The molecule has 0 aliphatic heterocycles. The molecule has 4 aliphatic carbocycles. The van der Waals surface area contributed by atoms with Crippen LogP contribution in [0, 0.1) is 23.7 Å². The van der Waals surface area contributed by atoms with E-state index in [1.165, 1.54) is 32.1 Å². The molecule has 0 atom stereocenters. The average Bonchev–Trinajstić information content (AvgIpc) is 2.38. The molecule has 3 nitrogen and oxygen atoms in total. The second-order valence-electron chi connectivity index (χ2n) is 6.90. The monoisotopic (exact) mass is 257 g/mol. The molecule has 0 radical (unpaired) electrons. The van der Waals surface area contributed by atoms with Crippen molar-refractivity contribution in [3.05, 3.63) is 23.8 Å². The highest BCUT2D eigenvalue weighted by Gasteiger charge is 2.49. The van der Waals surface area contributed by atoms with Crippen molar-refractivity contribution in [1.29, 1.82) is 0 Å². The molecule has 1 aromatic heterocycles. The van der Waals surface area contributed by atoms with Gasteiger partial charge in [-0.2, -0.15) is 0 Å². The molecule has 0 amide bonds. The van der Waals surface area contributed by atoms with Crippen molar-refractivity contribution >= 4 is 0 Å². The molecule has 0 spiro atoms. The zero-order valence-electron chi connectivity index (χ0n) is 11.5. The number of nitrogens with two attached hydrogens (primary N) is 1. The molecule has 4 saturated carbocycles. The molecule has 0 unspecified atom stereocenters. The maximum atomic E-state index is 5.64. The van der Waals surface area contributed by atoms with Crippen LogP contribution in [0.2, 0.25) is 0 Å². The zero-order chi connectivity index (χ0) is 12.8. The van der Waals surface area contributed by atoms with Crippen LogP contribution in [0.3, 0.4) is 0 Å². The smallest absolute Gasteiger partial charge is 0.132 e. The molecule has 1 aromatic rings. The van der Waals surface area contributed by atoms with Gasteiger partial charge in [-0.15, -0.1) is 0 Å². The van der Waals surface area contributed by atoms with Crippen molar-refractivity contribution < 1.29 is 0 Å². The molecule has 0 saturated heterocycles.